The fourth-order valence-corrected chi connectivity index (χ4v) is 13.5. The number of carboxylic acids is 1. The van der Waals surface area contributed by atoms with E-state index in [2.05, 4.69) is 53.8 Å². The number of ether oxygens (including phenoxy) is 3. The molecule has 0 bridgehead atoms. The van der Waals surface area contributed by atoms with Crippen LogP contribution in [0, 0.1) is 56.7 Å². The van der Waals surface area contributed by atoms with E-state index in [0.29, 0.717) is 17.8 Å². The van der Waals surface area contributed by atoms with Crippen LogP contribution in [0.15, 0.2) is 0 Å². The van der Waals surface area contributed by atoms with E-state index in [4.69, 9.17) is 19.3 Å². The summed E-state index contributed by atoms with van der Waals surface area (Å²) in [5.41, 5.74) is -0.175. The first kappa shape index (κ1) is 34.4. The number of fused-ring (bicyclic) bond motifs is 4. The molecule has 2 saturated heterocycles. The van der Waals surface area contributed by atoms with E-state index in [-0.39, 0.29) is 82.4 Å². The van der Waals surface area contributed by atoms with Crippen molar-refractivity contribution in [3.8, 4) is 0 Å². The molecule has 13 atom stereocenters. The lowest BCUT2D eigenvalue weighted by atomic mass is 9.41. The van der Waals surface area contributed by atoms with Crippen molar-refractivity contribution in [2.45, 2.75) is 143 Å². The topological polar surface area (TPSA) is 135 Å². The third-order valence-corrected chi connectivity index (χ3v) is 16.0. The van der Waals surface area contributed by atoms with E-state index in [1.165, 1.54) is 12.8 Å². The average molecular weight is 673 g/mol. The molecular weight excluding hydrogens is 612 g/mol. The van der Waals surface area contributed by atoms with Crippen LogP contribution in [0.5, 0.6) is 0 Å². The van der Waals surface area contributed by atoms with Crippen LogP contribution in [-0.2, 0) is 19.0 Å². The Morgan fingerprint density at radius 1 is 1.00 bits per heavy atom. The van der Waals surface area contributed by atoms with Crippen molar-refractivity contribution in [3.63, 3.8) is 0 Å². The predicted molar refractivity (Wildman–Crippen MR) is 178 cm³/mol. The molecule has 2 aliphatic heterocycles. The minimum absolute atomic E-state index is 0.0560. The SMILES string of the molecule is CC(C)[C@@H](OC(=O)N1CCC1)C1C[C@@H](C)[C@H]2C(O1)[C@H](O)[C@@]1(C)C3CC[C@H]4C(C)(C)C(OC(=O)NCCC(=O)O)CC[C@@]45C[C@@]35CC[C@]21C. The van der Waals surface area contributed by atoms with Gasteiger partial charge in [-0.25, -0.2) is 9.59 Å². The van der Waals surface area contributed by atoms with Gasteiger partial charge in [0.2, 0.25) is 0 Å². The molecule has 7 rings (SSSR count). The maximum absolute atomic E-state index is 12.9. The van der Waals surface area contributed by atoms with Crippen molar-refractivity contribution in [2.24, 2.45) is 56.7 Å². The first-order valence-electron chi connectivity index (χ1n) is 19.0. The quantitative estimate of drug-likeness (QED) is 0.290. The van der Waals surface area contributed by atoms with Crippen molar-refractivity contribution in [2.75, 3.05) is 19.6 Å². The Morgan fingerprint density at radius 2 is 1.69 bits per heavy atom. The van der Waals surface area contributed by atoms with Gasteiger partial charge in [0.15, 0.2) is 0 Å². The molecule has 4 unspecified atom stereocenters. The number of carbonyl (C=O) groups excluding carboxylic acids is 2. The summed E-state index contributed by atoms with van der Waals surface area (Å²) in [5, 5.41) is 24.2. The fraction of sp³-hybridized carbons (Fsp3) is 0.921. The lowest BCUT2D eigenvalue weighted by Crippen LogP contribution is -2.60. The molecule has 3 N–H and O–H groups in total. The molecule has 2 spiro atoms. The highest BCUT2D eigenvalue weighted by atomic mass is 16.6. The van der Waals surface area contributed by atoms with Gasteiger partial charge in [-0.2, -0.15) is 0 Å². The highest BCUT2D eigenvalue weighted by Gasteiger charge is 2.84. The molecule has 48 heavy (non-hydrogen) atoms. The van der Waals surface area contributed by atoms with Gasteiger partial charge in [-0.1, -0.05) is 48.5 Å². The number of aliphatic carboxylic acids is 1. The molecule has 270 valence electrons. The number of hydrogen-bond donors (Lipinski definition) is 3. The number of amides is 2. The number of aliphatic hydroxyl groups is 1. The van der Waals surface area contributed by atoms with Crippen molar-refractivity contribution >= 4 is 18.2 Å². The number of hydrogen-bond acceptors (Lipinski definition) is 7. The first-order valence-corrected chi connectivity index (χ1v) is 19.0. The van der Waals surface area contributed by atoms with Crippen LogP contribution in [0.25, 0.3) is 0 Å². The molecule has 0 radical (unpaired) electrons. The zero-order valence-electron chi connectivity index (χ0n) is 30.3. The second-order valence-corrected chi connectivity index (χ2v) is 18.5. The van der Waals surface area contributed by atoms with E-state index in [1.807, 2.05) is 0 Å². The molecule has 0 aromatic carbocycles. The summed E-state index contributed by atoms with van der Waals surface area (Å²) in [6, 6.07) is 0. The molecule has 0 aromatic rings. The number of rotatable bonds is 7. The van der Waals surface area contributed by atoms with E-state index < -0.39 is 18.2 Å². The van der Waals surface area contributed by atoms with Gasteiger partial charge in [0, 0.05) is 30.5 Å². The van der Waals surface area contributed by atoms with Crippen LogP contribution in [0.3, 0.4) is 0 Å². The van der Waals surface area contributed by atoms with Crippen LogP contribution < -0.4 is 5.32 Å². The monoisotopic (exact) mass is 672 g/mol. The number of carboxylic acid groups (broad SMARTS) is 1. The normalized spacial score (nSPS) is 47.2. The molecule has 5 aliphatic carbocycles. The summed E-state index contributed by atoms with van der Waals surface area (Å²) in [6.07, 6.45) is 6.67. The van der Waals surface area contributed by atoms with Gasteiger partial charge in [-0.05, 0) is 104 Å². The number of carbonyl (C=O) groups is 3. The van der Waals surface area contributed by atoms with Gasteiger partial charge >= 0.3 is 18.2 Å². The van der Waals surface area contributed by atoms with Gasteiger partial charge in [0.25, 0.3) is 0 Å². The van der Waals surface area contributed by atoms with Gasteiger partial charge in [-0.3, -0.25) is 4.79 Å². The largest absolute Gasteiger partial charge is 0.481 e. The van der Waals surface area contributed by atoms with Crippen LogP contribution in [0.2, 0.25) is 0 Å². The summed E-state index contributed by atoms with van der Waals surface area (Å²) in [7, 11) is 0. The maximum atomic E-state index is 12.9. The summed E-state index contributed by atoms with van der Waals surface area (Å²) in [5.74, 6) is 0.571. The second kappa shape index (κ2) is 11.5. The molecule has 0 aromatic heterocycles. The summed E-state index contributed by atoms with van der Waals surface area (Å²) < 4.78 is 19.1. The minimum atomic E-state index is -0.946. The highest BCUT2D eigenvalue weighted by molar-refractivity contribution is 5.70. The Bertz CT molecular complexity index is 1320. The van der Waals surface area contributed by atoms with Crippen molar-refractivity contribution < 1.29 is 38.8 Å². The van der Waals surface area contributed by atoms with Crippen LogP contribution >= 0.6 is 0 Å². The zero-order chi connectivity index (χ0) is 34.6. The van der Waals surface area contributed by atoms with Crippen molar-refractivity contribution in [1.82, 2.24) is 10.2 Å². The molecular formula is C38H60N2O8. The van der Waals surface area contributed by atoms with E-state index >= 15 is 0 Å². The Hall–Kier alpha value is -2.07. The molecule has 10 nitrogen and oxygen atoms in total. The first-order chi connectivity index (χ1) is 22.5. The molecule has 7 aliphatic rings. The molecule has 7 fully saturated rings. The number of nitrogens with one attached hydrogen (secondary N) is 1. The predicted octanol–water partition coefficient (Wildman–Crippen LogP) is 6.24. The smallest absolute Gasteiger partial charge is 0.410 e. The van der Waals surface area contributed by atoms with Gasteiger partial charge < -0.3 is 34.6 Å². The van der Waals surface area contributed by atoms with Gasteiger partial charge in [0.1, 0.15) is 12.2 Å². The van der Waals surface area contributed by atoms with Crippen LogP contribution in [0.4, 0.5) is 9.59 Å². The summed E-state index contributed by atoms with van der Waals surface area (Å²) in [4.78, 5) is 38.2. The standard InChI is InChI=1S/C38H60N2O8/c1-21(2)29(48-33(45)40-17-8-18-40)23-19-22(3)28-30(46-23)31(43)36(7)25-10-9-24-34(4,5)26(47-32(44)39-16-12-27(41)42)11-13-37(24)20-38(25,37)15-14-35(28,36)6/h21-26,28-31,43H,8-20H2,1-7H3,(H,39,44)(H,41,42)/t22-,23?,24+,25?,26?,28+,29-,30?,31+,35-,36-,37-,38+/m1/s1. The number of aliphatic hydroxyl groups excluding tert-OH is 1. The fourth-order valence-electron chi connectivity index (χ4n) is 13.5. The van der Waals surface area contributed by atoms with Crippen molar-refractivity contribution in [3.05, 3.63) is 0 Å². The van der Waals surface area contributed by atoms with E-state index in [1.54, 1.807) is 4.90 Å². The molecule has 5 saturated carbocycles. The number of likely N-dealkylation sites (tertiary alicyclic amines) is 1. The summed E-state index contributed by atoms with van der Waals surface area (Å²) >= 11 is 0. The zero-order valence-corrected chi connectivity index (χ0v) is 30.3. The Morgan fingerprint density at radius 3 is 2.33 bits per heavy atom. The number of alkyl carbamates (subject to hydrolysis) is 1. The lowest BCUT2D eigenvalue weighted by molar-refractivity contribution is -0.185. The molecule has 10 heteroatoms. The maximum Gasteiger partial charge on any atom is 0.410 e. The molecule has 2 heterocycles. The van der Waals surface area contributed by atoms with Gasteiger partial charge in [0.05, 0.1) is 24.7 Å². The Labute approximate surface area is 286 Å². The lowest BCUT2D eigenvalue weighted by Gasteiger charge is -2.63. The highest BCUT2D eigenvalue weighted by Crippen LogP contribution is 2.89. The second-order valence-electron chi connectivity index (χ2n) is 18.5. The Balaban J connectivity index is 1.10. The summed E-state index contributed by atoms with van der Waals surface area (Å²) in [6.45, 7) is 17.5. The Kier molecular flexibility index (Phi) is 8.22. The third kappa shape index (κ3) is 4.65. The average Bonchev–Trinajstić information content (AvgIpc) is 3.61. The molecule has 2 amide bonds. The third-order valence-electron chi connectivity index (χ3n) is 16.0. The van der Waals surface area contributed by atoms with Crippen LogP contribution in [0.1, 0.15) is 113 Å². The number of nitrogens with zero attached hydrogens (tertiary/aromatic N) is 1. The van der Waals surface area contributed by atoms with E-state index in [9.17, 15) is 19.5 Å². The minimum Gasteiger partial charge on any atom is -0.481 e. The van der Waals surface area contributed by atoms with E-state index in [0.717, 1.165) is 58.0 Å². The van der Waals surface area contributed by atoms with Gasteiger partial charge in [-0.15, -0.1) is 0 Å². The van der Waals surface area contributed by atoms with Crippen molar-refractivity contribution in [1.29, 1.82) is 0 Å². The van der Waals surface area contributed by atoms with Crippen LogP contribution in [-0.4, -0.2) is 83.4 Å².